The molecule has 1 unspecified atom stereocenters. The van der Waals surface area contributed by atoms with E-state index in [2.05, 4.69) is 0 Å². The van der Waals surface area contributed by atoms with Crippen LogP contribution in [0, 0.1) is 0 Å². The molecule has 1 aromatic carbocycles. The minimum absolute atomic E-state index is 0.0153. The van der Waals surface area contributed by atoms with Gasteiger partial charge in [0.15, 0.2) is 5.79 Å². The normalized spacial score (nSPS) is 22.7. The van der Waals surface area contributed by atoms with E-state index in [9.17, 15) is 15.3 Å². The maximum atomic E-state index is 9.81. The Morgan fingerprint density at radius 3 is 2.37 bits per heavy atom. The first-order valence-corrected chi connectivity index (χ1v) is 5.89. The summed E-state index contributed by atoms with van der Waals surface area (Å²) in [5, 5.41) is 28.5. The van der Waals surface area contributed by atoms with Gasteiger partial charge < -0.3 is 20.1 Å². The summed E-state index contributed by atoms with van der Waals surface area (Å²) >= 11 is 0. The lowest BCUT2D eigenvalue weighted by atomic mass is 10.0. The average molecular weight is 260 g/mol. The Morgan fingerprint density at radius 2 is 1.84 bits per heavy atom. The number of phenols is 2. The zero-order valence-electron chi connectivity index (χ0n) is 10.6. The first-order valence-electron chi connectivity index (χ1n) is 5.89. The van der Waals surface area contributed by atoms with E-state index in [1.165, 1.54) is 13.2 Å². The molecule has 0 saturated heterocycles. The zero-order chi connectivity index (χ0) is 13.9. The molecule has 0 radical (unpaired) electrons. The van der Waals surface area contributed by atoms with Crippen LogP contribution in [0.2, 0.25) is 0 Å². The summed E-state index contributed by atoms with van der Waals surface area (Å²) in [5.41, 5.74) is 1.61. The summed E-state index contributed by atoms with van der Waals surface area (Å²) in [7, 11) is 1.45. The summed E-state index contributed by atoms with van der Waals surface area (Å²) in [6.07, 6.45) is 9.18. The van der Waals surface area contributed by atoms with Crippen LogP contribution in [0.15, 0.2) is 48.1 Å². The monoisotopic (exact) mass is 260 g/mol. The standard InChI is InChI=1S/C15H16O4/c1-19-15(18)6-4-11(5-7-15)2-3-12-8-13(16)10-14(17)9-12/h2-6,8-10,16-18H,7H2,1H3/b3-2+. The van der Waals surface area contributed by atoms with Crippen molar-refractivity contribution in [1.29, 1.82) is 0 Å². The highest BCUT2D eigenvalue weighted by molar-refractivity contribution is 5.58. The summed E-state index contributed by atoms with van der Waals surface area (Å²) in [4.78, 5) is 0. The van der Waals surface area contributed by atoms with E-state index in [0.717, 1.165) is 5.57 Å². The number of aliphatic hydroxyl groups is 1. The van der Waals surface area contributed by atoms with Gasteiger partial charge >= 0.3 is 0 Å². The molecule has 4 nitrogen and oxygen atoms in total. The highest BCUT2D eigenvalue weighted by Crippen LogP contribution is 2.24. The minimum atomic E-state index is -1.22. The van der Waals surface area contributed by atoms with Gasteiger partial charge in [-0.2, -0.15) is 0 Å². The Morgan fingerprint density at radius 1 is 1.16 bits per heavy atom. The molecule has 1 aromatic rings. The van der Waals surface area contributed by atoms with Crippen LogP contribution in [0.4, 0.5) is 0 Å². The molecular formula is C15H16O4. The van der Waals surface area contributed by atoms with Crippen molar-refractivity contribution in [2.24, 2.45) is 0 Å². The quantitative estimate of drug-likeness (QED) is 0.729. The van der Waals surface area contributed by atoms with Crippen LogP contribution in [0.3, 0.4) is 0 Å². The van der Waals surface area contributed by atoms with Crippen LogP contribution in [0.5, 0.6) is 11.5 Å². The topological polar surface area (TPSA) is 69.9 Å². The Balaban J connectivity index is 2.10. The number of hydrogen-bond acceptors (Lipinski definition) is 4. The van der Waals surface area contributed by atoms with Gasteiger partial charge in [-0.25, -0.2) is 0 Å². The lowest BCUT2D eigenvalue weighted by Gasteiger charge is -2.23. The Labute approximate surface area is 111 Å². The SMILES string of the molecule is COC1(O)C=CC(/C=C/c2cc(O)cc(O)c2)=CC1. The van der Waals surface area contributed by atoms with E-state index in [4.69, 9.17) is 4.74 Å². The molecule has 2 rings (SSSR count). The summed E-state index contributed by atoms with van der Waals surface area (Å²) < 4.78 is 4.96. The second-order valence-corrected chi connectivity index (χ2v) is 4.41. The van der Waals surface area contributed by atoms with Gasteiger partial charge in [0, 0.05) is 19.6 Å². The number of aromatic hydroxyl groups is 2. The van der Waals surface area contributed by atoms with Crippen molar-refractivity contribution >= 4 is 6.08 Å². The lowest BCUT2D eigenvalue weighted by molar-refractivity contribution is -0.143. The number of rotatable bonds is 3. The molecule has 100 valence electrons. The van der Waals surface area contributed by atoms with Gasteiger partial charge in [-0.15, -0.1) is 0 Å². The number of allylic oxidation sites excluding steroid dienone is 3. The molecule has 0 aliphatic heterocycles. The van der Waals surface area contributed by atoms with Crippen LogP contribution in [0.25, 0.3) is 6.08 Å². The molecule has 0 heterocycles. The second-order valence-electron chi connectivity index (χ2n) is 4.41. The molecule has 1 aliphatic carbocycles. The number of ether oxygens (including phenoxy) is 1. The predicted octanol–water partition coefficient (Wildman–Crippen LogP) is 2.33. The first kappa shape index (κ1) is 13.4. The lowest BCUT2D eigenvalue weighted by Crippen LogP contribution is -2.28. The van der Waals surface area contributed by atoms with Crippen LogP contribution in [-0.2, 0) is 4.74 Å². The van der Waals surface area contributed by atoms with Gasteiger partial charge in [0.1, 0.15) is 11.5 Å². The smallest absolute Gasteiger partial charge is 0.188 e. The van der Waals surface area contributed by atoms with Gasteiger partial charge in [0.05, 0.1) is 0 Å². The summed E-state index contributed by atoms with van der Waals surface area (Å²) in [6, 6.07) is 4.37. The number of hydrogen-bond donors (Lipinski definition) is 3. The van der Waals surface area contributed by atoms with Crippen LogP contribution >= 0.6 is 0 Å². The maximum Gasteiger partial charge on any atom is 0.188 e. The van der Waals surface area contributed by atoms with Gasteiger partial charge in [-0.1, -0.05) is 24.3 Å². The molecule has 0 amide bonds. The van der Waals surface area contributed by atoms with Crippen molar-refractivity contribution in [3.05, 3.63) is 53.6 Å². The average Bonchev–Trinajstić information content (AvgIpc) is 2.37. The molecule has 0 spiro atoms. The van der Waals surface area contributed by atoms with Crippen LogP contribution in [0.1, 0.15) is 12.0 Å². The molecule has 4 heteroatoms. The Hall–Kier alpha value is -2.04. The Bertz CT molecular complexity index is 537. The van der Waals surface area contributed by atoms with Gasteiger partial charge in [-0.3, -0.25) is 0 Å². The number of methoxy groups -OCH3 is 1. The van der Waals surface area contributed by atoms with E-state index in [1.54, 1.807) is 30.4 Å². The minimum Gasteiger partial charge on any atom is -0.508 e. The van der Waals surface area contributed by atoms with Crippen LogP contribution in [-0.4, -0.2) is 28.2 Å². The maximum absolute atomic E-state index is 9.81. The van der Waals surface area contributed by atoms with E-state index >= 15 is 0 Å². The van der Waals surface area contributed by atoms with E-state index in [0.29, 0.717) is 12.0 Å². The summed E-state index contributed by atoms with van der Waals surface area (Å²) in [6.45, 7) is 0. The van der Waals surface area contributed by atoms with E-state index in [-0.39, 0.29) is 11.5 Å². The molecule has 0 bridgehead atoms. The largest absolute Gasteiger partial charge is 0.508 e. The fourth-order valence-electron chi connectivity index (χ4n) is 1.81. The molecule has 19 heavy (non-hydrogen) atoms. The molecule has 1 aliphatic rings. The van der Waals surface area contributed by atoms with Crippen molar-refractivity contribution in [1.82, 2.24) is 0 Å². The third kappa shape index (κ3) is 3.47. The molecular weight excluding hydrogens is 244 g/mol. The molecule has 0 saturated carbocycles. The fourth-order valence-corrected chi connectivity index (χ4v) is 1.81. The summed E-state index contributed by atoms with van der Waals surface area (Å²) in [5.74, 6) is -1.19. The fraction of sp³-hybridized carbons (Fsp3) is 0.200. The number of phenolic OH excluding ortho intramolecular Hbond substituents is 2. The van der Waals surface area contributed by atoms with E-state index in [1.807, 2.05) is 12.2 Å². The second kappa shape index (κ2) is 5.30. The Kier molecular flexibility index (Phi) is 3.74. The van der Waals surface area contributed by atoms with Crippen molar-refractivity contribution in [3.63, 3.8) is 0 Å². The van der Waals surface area contributed by atoms with Crippen molar-refractivity contribution in [2.75, 3.05) is 7.11 Å². The van der Waals surface area contributed by atoms with Gasteiger partial charge in [-0.05, 0) is 29.3 Å². The van der Waals surface area contributed by atoms with Crippen molar-refractivity contribution in [3.8, 4) is 11.5 Å². The molecule has 0 aromatic heterocycles. The predicted molar refractivity (Wildman–Crippen MR) is 72.6 cm³/mol. The van der Waals surface area contributed by atoms with Gasteiger partial charge in [0.25, 0.3) is 0 Å². The van der Waals surface area contributed by atoms with Crippen molar-refractivity contribution in [2.45, 2.75) is 12.2 Å². The third-order valence-corrected chi connectivity index (χ3v) is 2.91. The highest BCUT2D eigenvalue weighted by Gasteiger charge is 2.23. The first-order chi connectivity index (χ1) is 9.00. The van der Waals surface area contributed by atoms with Gasteiger partial charge in [0.2, 0.25) is 0 Å². The molecule has 0 fully saturated rings. The van der Waals surface area contributed by atoms with E-state index < -0.39 is 5.79 Å². The van der Waals surface area contributed by atoms with Crippen molar-refractivity contribution < 1.29 is 20.1 Å². The highest BCUT2D eigenvalue weighted by atomic mass is 16.6. The molecule has 1 atom stereocenters. The third-order valence-electron chi connectivity index (χ3n) is 2.91. The number of benzene rings is 1. The van der Waals surface area contributed by atoms with Crippen LogP contribution < -0.4 is 0 Å². The molecule has 3 N–H and O–H groups in total. The zero-order valence-corrected chi connectivity index (χ0v) is 10.6.